The minimum Gasteiger partial charge on any atom is -0.481 e. The second-order valence-electron chi connectivity index (χ2n) is 3.81. The van der Waals surface area contributed by atoms with Crippen LogP contribution in [0.5, 0.6) is 0 Å². The first-order chi connectivity index (χ1) is 6.20. The lowest BCUT2D eigenvalue weighted by molar-refractivity contribution is -0.139. The smallest absolute Gasteiger partial charge is 0.305 e. The van der Waals surface area contributed by atoms with E-state index in [-0.39, 0.29) is 6.42 Å². The quantitative estimate of drug-likeness (QED) is 0.731. The predicted molar refractivity (Wildman–Crippen MR) is 49.6 cm³/mol. The molecule has 0 aromatic carbocycles. The van der Waals surface area contributed by atoms with Crippen LogP contribution in [-0.2, 0) is 9.53 Å². The Morgan fingerprint density at radius 1 is 1.46 bits per heavy atom. The molecule has 1 saturated carbocycles. The maximum absolute atomic E-state index is 10.2. The lowest BCUT2D eigenvalue weighted by Gasteiger charge is -2.28. The fraction of sp³-hybridized carbons (Fsp3) is 0.900. The van der Waals surface area contributed by atoms with E-state index in [4.69, 9.17) is 9.84 Å². The molecule has 76 valence electrons. The van der Waals surface area contributed by atoms with Crippen LogP contribution < -0.4 is 0 Å². The Hall–Kier alpha value is -0.570. The van der Waals surface area contributed by atoms with Crippen molar-refractivity contribution in [2.24, 2.45) is 5.92 Å². The zero-order chi connectivity index (χ0) is 9.68. The normalized spacial score (nSPS) is 28.7. The second-order valence-corrected chi connectivity index (χ2v) is 3.81. The van der Waals surface area contributed by atoms with Crippen LogP contribution in [0.1, 0.15) is 39.0 Å². The van der Waals surface area contributed by atoms with Crippen molar-refractivity contribution in [3.63, 3.8) is 0 Å². The van der Waals surface area contributed by atoms with Gasteiger partial charge in [-0.1, -0.05) is 19.8 Å². The Balaban J connectivity index is 2.15. The number of hydrogen-bond acceptors (Lipinski definition) is 2. The first-order valence-corrected chi connectivity index (χ1v) is 5.03. The maximum atomic E-state index is 10.2. The summed E-state index contributed by atoms with van der Waals surface area (Å²) < 4.78 is 5.53. The SMILES string of the molecule is CC1CCCCC1OCCC(=O)O. The Morgan fingerprint density at radius 3 is 2.77 bits per heavy atom. The summed E-state index contributed by atoms with van der Waals surface area (Å²) in [7, 11) is 0. The lowest BCUT2D eigenvalue weighted by Crippen LogP contribution is -2.26. The van der Waals surface area contributed by atoms with E-state index in [1.807, 2.05) is 0 Å². The molecule has 1 rings (SSSR count). The summed E-state index contributed by atoms with van der Waals surface area (Å²) in [4.78, 5) is 10.2. The average Bonchev–Trinajstić information content (AvgIpc) is 2.08. The monoisotopic (exact) mass is 186 g/mol. The molecule has 0 heterocycles. The molecule has 0 aromatic rings. The number of carboxylic acids is 1. The van der Waals surface area contributed by atoms with Gasteiger partial charge in [0.1, 0.15) is 0 Å². The van der Waals surface area contributed by atoms with Crippen LogP contribution in [0.3, 0.4) is 0 Å². The van der Waals surface area contributed by atoms with Crippen LogP contribution in [0, 0.1) is 5.92 Å². The minimum atomic E-state index is -0.775. The van der Waals surface area contributed by atoms with Gasteiger partial charge in [-0.05, 0) is 18.8 Å². The van der Waals surface area contributed by atoms with E-state index >= 15 is 0 Å². The number of carbonyl (C=O) groups is 1. The van der Waals surface area contributed by atoms with Gasteiger partial charge >= 0.3 is 5.97 Å². The van der Waals surface area contributed by atoms with E-state index in [0.29, 0.717) is 18.6 Å². The van der Waals surface area contributed by atoms with Gasteiger partial charge in [0, 0.05) is 0 Å². The first-order valence-electron chi connectivity index (χ1n) is 5.03. The van der Waals surface area contributed by atoms with E-state index in [0.717, 1.165) is 6.42 Å². The molecule has 0 radical (unpaired) electrons. The highest BCUT2D eigenvalue weighted by molar-refractivity contribution is 5.66. The molecule has 2 atom stereocenters. The topological polar surface area (TPSA) is 46.5 Å². The van der Waals surface area contributed by atoms with Gasteiger partial charge in [0.15, 0.2) is 0 Å². The summed E-state index contributed by atoms with van der Waals surface area (Å²) in [6.45, 7) is 2.55. The van der Waals surface area contributed by atoms with Gasteiger partial charge in [0.05, 0.1) is 19.1 Å². The minimum absolute atomic E-state index is 0.128. The standard InChI is InChI=1S/C10H18O3/c1-8-4-2-3-5-9(8)13-7-6-10(11)12/h8-9H,2-7H2,1H3,(H,11,12). The molecule has 0 spiro atoms. The van der Waals surface area contributed by atoms with Crippen molar-refractivity contribution in [2.75, 3.05) is 6.61 Å². The van der Waals surface area contributed by atoms with E-state index < -0.39 is 5.97 Å². The third-order valence-corrected chi connectivity index (χ3v) is 2.68. The van der Waals surface area contributed by atoms with Gasteiger partial charge in [0.2, 0.25) is 0 Å². The molecule has 0 aliphatic heterocycles. The fourth-order valence-corrected chi connectivity index (χ4v) is 1.83. The zero-order valence-electron chi connectivity index (χ0n) is 8.16. The number of ether oxygens (including phenoxy) is 1. The van der Waals surface area contributed by atoms with Crippen LogP contribution in [0.2, 0.25) is 0 Å². The summed E-state index contributed by atoms with van der Waals surface area (Å²) in [5.74, 6) is -0.175. The molecule has 13 heavy (non-hydrogen) atoms. The highest BCUT2D eigenvalue weighted by Gasteiger charge is 2.21. The van der Waals surface area contributed by atoms with Crippen LogP contribution in [0.15, 0.2) is 0 Å². The zero-order valence-corrected chi connectivity index (χ0v) is 8.16. The summed E-state index contributed by atoms with van der Waals surface area (Å²) in [5.41, 5.74) is 0. The highest BCUT2D eigenvalue weighted by Crippen LogP contribution is 2.26. The Bertz CT molecular complexity index is 168. The van der Waals surface area contributed by atoms with Crippen LogP contribution in [0.4, 0.5) is 0 Å². The number of hydrogen-bond donors (Lipinski definition) is 1. The van der Waals surface area contributed by atoms with E-state index in [1.54, 1.807) is 0 Å². The van der Waals surface area contributed by atoms with Crippen LogP contribution in [-0.4, -0.2) is 23.8 Å². The molecule has 0 aromatic heterocycles. The number of rotatable bonds is 4. The molecule has 1 aliphatic carbocycles. The highest BCUT2D eigenvalue weighted by atomic mass is 16.5. The fourth-order valence-electron chi connectivity index (χ4n) is 1.83. The van der Waals surface area contributed by atoms with Gasteiger partial charge in [-0.2, -0.15) is 0 Å². The van der Waals surface area contributed by atoms with Crippen molar-refractivity contribution in [3.8, 4) is 0 Å². The van der Waals surface area contributed by atoms with Crippen LogP contribution in [0.25, 0.3) is 0 Å². The van der Waals surface area contributed by atoms with Gasteiger partial charge in [-0.15, -0.1) is 0 Å². The van der Waals surface area contributed by atoms with Gasteiger partial charge in [-0.25, -0.2) is 0 Å². The summed E-state index contributed by atoms with van der Waals surface area (Å²) >= 11 is 0. The third kappa shape index (κ3) is 3.77. The van der Waals surface area contributed by atoms with Crippen molar-refractivity contribution in [1.29, 1.82) is 0 Å². The molecular weight excluding hydrogens is 168 g/mol. The van der Waals surface area contributed by atoms with E-state index in [9.17, 15) is 4.79 Å². The van der Waals surface area contributed by atoms with Crippen molar-refractivity contribution in [3.05, 3.63) is 0 Å². The molecule has 2 unspecified atom stereocenters. The second kappa shape index (κ2) is 5.22. The van der Waals surface area contributed by atoms with Crippen molar-refractivity contribution >= 4 is 5.97 Å². The molecule has 0 amide bonds. The lowest BCUT2D eigenvalue weighted by atomic mass is 9.88. The average molecular weight is 186 g/mol. The molecule has 0 saturated heterocycles. The summed E-state index contributed by atoms with van der Waals surface area (Å²) in [6, 6.07) is 0. The van der Waals surface area contributed by atoms with E-state index in [2.05, 4.69) is 6.92 Å². The molecule has 1 aliphatic rings. The number of aliphatic carboxylic acids is 1. The largest absolute Gasteiger partial charge is 0.481 e. The summed E-state index contributed by atoms with van der Waals surface area (Å²) in [6.07, 6.45) is 5.26. The van der Waals surface area contributed by atoms with E-state index in [1.165, 1.54) is 19.3 Å². The first kappa shape index (κ1) is 10.5. The third-order valence-electron chi connectivity index (χ3n) is 2.68. The van der Waals surface area contributed by atoms with Crippen molar-refractivity contribution in [2.45, 2.75) is 45.1 Å². The molecule has 3 nitrogen and oxygen atoms in total. The van der Waals surface area contributed by atoms with Gasteiger partial charge < -0.3 is 9.84 Å². The maximum Gasteiger partial charge on any atom is 0.305 e. The molecule has 3 heteroatoms. The van der Waals surface area contributed by atoms with Crippen molar-refractivity contribution < 1.29 is 14.6 Å². The predicted octanol–water partition coefficient (Wildman–Crippen LogP) is 2.06. The Morgan fingerprint density at radius 2 is 2.15 bits per heavy atom. The van der Waals surface area contributed by atoms with Crippen LogP contribution >= 0.6 is 0 Å². The molecule has 1 N–H and O–H groups in total. The Labute approximate surface area is 79.1 Å². The summed E-state index contributed by atoms with van der Waals surface area (Å²) in [5, 5.41) is 8.43. The number of carboxylic acid groups (broad SMARTS) is 1. The Kier molecular flexibility index (Phi) is 4.22. The molecular formula is C10H18O3. The van der Waals surface area contributed by atoms with Gasteiger partial charge in [-0.3, -0.25) is 4.79 Å². The molecule has 1 fully saturated rings. The van der Waals surface area contributed by atoms with Gasteiger partial charge in [0.25, 0.3) is 0 Å². The van der Waals surface area contributed by atoms with Crippen molar-refractivity contribution in [1.82, 2.24) is 0 Å². The molecule has 0 bridgehead atoms.